The van der Waals surface area contributed by atoms with E-state index < -0.39 is 0 Å². The summed E-state index contributed by atoms with van der Waals surface area (Å²) in [7, 11) is 0. The number of halogens is 1. The first-order chi connectivity index (χ1) is 8.78. The van der Waals surface area contributed by atoms with E-state index in [2.05, 4.69) is 44.3 Å². The van der Waals surface area contributed by atoms with Crippen LogP contribution in [-0.2, 0) is 5.41 Å². The van der Waals surface area contributed by atoms with Crippen LogP contribution in [0.15, 0.2) is 22.7 Å². The number of rotatable bonds is 1. The number of hydrogen-bond acceptors (Lipinski definition) is 2. The van der Waals surface area contributed by atoms with Crippen molar-refractivity contribution < 1.29 is 0 Å². The molecule has 0 radical (unpaired) electrons. The van der Waals surface area contributed by atoms with E-state index in [1.807, 2.05) is 0 Å². The molecule has 1 aliphatic carbocycles. The van der Waals surface area contributed by atoms with E-state index >= 15 is 0 Å². The molecule has 96 valence electrons. The Morgan fingerprint density at radius 1 is 1.22 bits per heavy atom. The Bertz CT molecular complexity index is 475. The highest BCUT2D eigenvalue weighted by atomic mass is 79.9. The smallest absolute Gasteiger partial charge is 0.0408 e. The summed E-state index contributed by atoms with van der Waals surface area (Å²) in [6, 6.07) is 7.65. The quantitative estimate of drug-likeness (QED) is 0.858. The number of benzene rings is 1. The summed E-state index contributed by atoms with van der Waals surface area (Å²) in [4.78, 5) is 2.70. The van der Waals surface area contributed by atoms with E-state index in [0.717, 1.165) is 6.04 Å². The molecule has 1 spiro atoms. The van der Waals surface area contributed by atoms with E-state index in [1.165, 1.54) is 55.5 Å². The Morgan fingerprint density at radius 2 is 2.00 bits per heavy atom. The zero-order chi connectivity index (χ0) is 12.2. The van der Waals surface area contributed by atoms with Gasteiger partial charge < -0.3 is 10.2 Å². The summed E-state index contributed by atoms with van der Waals surface area (Å²) in [6.07, 6.45) is 5.37. The maximum absolute atomic E-state index is 3.63. The standard InChI is InChI=1S/C15H19BrN2/c16-11-1-2-14-13(9-11)15(5-6-15)10-18(14)12-3-7-17-8-4-12/h1-2,9,12,17H,3-8,10H2. The molecule has 0 unspecified atom stereocenters. The van der Waals surface area contributed by atoms with Crippen molar-refractivity contribution in [3.63, 3.8) is 0 Å². The lowest BCUT2D eigenvalue weighted by Crippen LogP contribution is -2.43. The molecule has 4 rings (SSSR count). The molecule has 1 aromatic carbocycles. The second-order valence-corrected chi connectivity index (χ2v) is 6.97. The van der Waals surface area contributed by atoms with Gasteiger partial charge in [0.05, 0.1) is 0 Å². The molecule has 0 aromatic heterocycles. The van der Waals surface area contributed by atoms with Crippen molar-refractivity contribution in [1.29, 1.82) is 0 Å². The second-order valence-electron chi connectivity index (χ2n) is 6.05. The Morgan fingerprint density at radius 3 is 2.72 bits per heavy atom. The Balaban J connectivity index is 1.71. The first-order valence-electron chi connectivity index (χ1n) is 7.06. The maximum Gasteiger partial charge on any atom is 0.0408 e. The third-order valence-electron chi connectivity index (χ3n) is 4.92. The number of anilines is 1. The zero-order valence-electron chi connectivity index (χ0n) is 10.6. The fourth-order valence-corrected chi connectivity index (χ4v) is 4.06. The van der Waals surface area contributed by atoms with Crippen LogP contribution in [0.5, 0.6) is 0 Å². The van der Waals surface area contributed by atoms with Gasteiger partial charge in [-0.05, 0) is 62.5 Å². The van der Waals surface area contributed by atoms with Crippen molar-refractivity contribution >= 4 is 21.6 Å². The van der Waals surface area contributed by atoms with E-state index in [4.69, 9.17) is 0 Å². The molecule has 2 aliphatic heterocycles. The highest BCUT2D eigenvalue weighted by Crippen LogP contribution is 2.57. The predicted octanol–water partition coefficient (Wildman–Crippen LogP) is 3.05. The Kier molecular flexibility index (Phi) is 2.50. The van der Waals surface area contributed by atoms with Crippen molar-refractivity contribution in [3.8, 4) is 0 Å². The van der Waals surface area contributed by atoms with Crippen LogP contribution in [0.3, 0.4) is 0 Å². The summed E-state index contributed by atoms with van der Waals surface area (Å²) in [5, 5.41) is 3.47. The number of nitrogens with zero attached hydrogens (tertiary/aromatic N) is 1. The SMILES string of the molecule is Brc1ccc2c(c1)C1(CC1)CN2C1CCNCC1. The Hall–Kier alpha value is -0.540. The molecular formula is C15H19BrN2. The average molecular weight is 307 g/mol. The minimum Gasteiger partial charge on any atom is -0.367 e. The number of nitrogens with one attached hydrogen (secondary N) is 1. The molecule has 1 N–H and O–H groups in total. The summed E-state index contributed by atoms with van der Waals surface area (Å²) >= 11 is 3.63. The molecule has 0 bridgehead atoms. The van der Waals surface area contributed by atoms with Gasteiger partial charge in [-0.15, -0.1) is 0 Å². The normalized spacial score (nSPS) is 25.5. The number of piperidine rings is 1. The predicted molar refractivity (Wildman–Crippen MR) is 78.3 cm³/mol. The molecule has 0 amide bonds. The first kappa shape index (κ1) is 11.3. The van der Waals surface area contributed by atoms with Crippen LogP contribution in [0.25, 0.3) is 0 Å². The van der Waals surface area contributed by atoms with Gasteiger partial charge in [0.2, 0.25) is 0 Å². The monoisotopic (exact) mass is 306 g/mol. The largest absolute Gasteiger partial charge is 0.367 e. The molecule has 3 aliphatic rings. The topological polar surface area (TPSA) is 15.3 Å². The van der Waals surface area contributed by atoms with E-state index in [-0.39, 0.29) is 0 Å². The van der Waals surface area contributed by atoms with Gasteiger partial charge in [-0.25, -0.2) is 0 Å². The number of hydrogen-bond donors (Lipinski definition) is 1. The summed E-state index contributed by atoms with van der Waals surface area (Å²) in [6.45, 7) is 3.63. The molecule has 1 saturated heterocycles. The van der Waals surface area contributed by atoms with E-state index in [9.17, 15) is 0 Å². The van der Waals surface area contributed by atoms with Crippen LogP contribution in [0, 0.1) is 0 Å². The molecule has 3 heteroatoms. The van der Waals surface area contributed by atoms with Crippen molar-refractivity contribution in [2.45, 2.75) is 37.1 Å². The van der Waals surface area contributed by atoms with Crippen LogP contribution >= 0.6 is 15.9 Å². The van der Waals surface area contributed by atoms with Crippen molar-refractivity contribution in [2.24, 2.45) is 0 Å². The highest BCUT2D eigenvalue weighted by molar-refractivity contribution is 9.10. The molecule has 2 fully saturated rings. The van der Waals surface area contributed by atoms with Gasteiger partial charge in [-0.1, -0.05) is 15.9 Å². The third kappa shape index (κ3) is 1.64. The third-order valence-corrected chi connectivity index (χ3v) is 5.41. The molecule has 18 heavy (non-hydrogen) atoms. The van der Waals surface area contributed by atoms with Crippen LogP contribution in [-0.4, -0.2) is 25.7 Å². The highest BCUT2D eigenvalue weighted by Gasteiger charge is 2.52. The van der Waals surface area contributed by atoms with Crippen LogP contribution in [0.2, 0.25) is 0 Å². The molecule has 1 aromatic rings. The van der Waals surface area contributed by atoms with Gasteiger partial charge in [0.1, 0.15) is 0 Å². The van der Waals surface area contributed by atoms with Gasteiger partial charge in [0, 0.05) is 28.2 Å². The molecule has 0 atom stereocenters. The van der Waals surface area contributed by atoms with Crippen LogP contribution < -0.4 is 10.2 Å². The lowest BCUT2D eigenvalue weighted by molar-refractivity contribution is 0.428. The van der Waals surface area contributed by atoms with Crippen molar-refractivity contribution in [1.82, 2.24) is 5.32 Å². The molecular weight excluding hydrogens is 288 g/mol. The average Bonchev–Trinajstić information content (AvgIpc) is 3.11. The minimum absolute atomic E-state index is 0.518. The van der Waals surface area contributed by atoms with E-state index in [1.54, 1.807) is 5.56 Å². The number of fused-ring (bicyclic) bond motifs is 2. The Labute approximate surface area is 117 Å². The second kappa shape index (κ2) is 3.97. The lowest BCUT2D eigenvalue weighted by atomic mass is 9.99. The van der Waals surface area contributed by atoms with Gasteiger partial charge in [0.15, 0.2) is 0 Å². The first-order valence-corrected chi connectivity index (χ1v) is 7.85. The summed E-state index contributed by atoms with van der Waals surface area (Å²) in [5.41, 5.74) is 3.64. The van der Waals surface area contributed by atoms with Crippen LogP contribution in [0.1, 0.15) is 31.2 Å². The maximum atomic E-state index is 3.63. The lowest BCUT2D eigenvalue weighted by Gasteiger charge is -2.34. The van der Waals surface area contributed by atoms with Gasteiger partial charge in [-0.2, -0.15) is 0 Å². The molecule has 1 saturated carbocycles. The van der Waals surface area contributed by atoms with Crippen molar-refractivity contribution in [3.05, 3.63) is 28.2 Å². The minimum atomic E-state index is 0.518. The van der Waals surface area contributed by atoms with E-state index in [0.29, 0.717) is 5.41 Å². The fourth-order valence-electron chi connectivity index (χ4n) is 3.70. The van der Waals surface area contributed by atoms with Crippen LogP contribution in [0.4, 0.5) is 5.69 Å². The summed E-state index contributed by atoms with van der Waals surface area (Å²) < 4.78 is 1.24. The molecule has 2 heterocycles. The van der Waals surface area contributed by atoms with Gasteiger partial charge in [-0.3, -0.25) is 0 Å². The van der Waals surface area contributed by atoms with Crippen molar-refractivity contribution in [2.75, 3.05) is 24.5 Å². The van der Waals surface area contributed by atoms with Gasteiger partial charge >= 0.3 is 0 Å². The van der Waals surface area contributed by atoms with Gasteiger partial charge in [0.25, 0.3) is 0 Å². The zero-order valence-corrected chi connectivity index (χ0v) is 12.2. The fraction of sp³-hybridized carbons (Fsp3) is 0.600. The summed E-state index contributed by atoms with van der Waals surface area (Å²) in [5.74, 6) is 0. The molecule has 2 nitrogen and oxygen atoms in total.